The van der Waals surface area contributed by atoms with Gasteiger partial charge in [-0.05, 0) is 61.3 Å². The molecule has 2 heterocycles. The first-order valence-electron chi connectivity index (χ1n) is 9.52. The normalized spacial score (nSPS) is 15.6. The molecular formula is C23H24N2O2. The Bertz CT molecular complexity index is 851. The number of hydrogen-bond donors (Lipinski definition) is 1. The van der Waals surface area contributed by atoms with E-state index >= 15 is 0 Å². The summed E-state index contributed by atoms with van der Waals surface area (Å²) in [6, 6.07) is 21.9. The van der Waals surface area contributed by atoms with E-state index in [0.717, 1.165) is 30.0 Å². The molecule has 1 aromatic heterocycles. The molecule has 4 rings (SSSR count). The maximum absolute atomic E-state index is 12.6. The summed E-state index contributed by atoms with van der Waals surface area (Å²) in [6.45, 7) is 2.65. The van der Waals surface area contributed by atoms with E-state index in [1.165, 1.54) is 12.8 Å². The van der Waals surface area contributed by atoms with Gasteiger partial charge < -0.3 is 9.73 Å². The van der Waals surface area contributed by atoms with Crippen LogP contribution in [0.3, 0.4) is 0 Å². The van der Waals surface area contributed by atoms with Gasteiger partial charge in [-0.2, -0.15) is 0 Å². The Morgan fingerprint density at radius 2 is 1.63 bits per heavy atom. The molecule has 1 unspecified atom stereocenters. The average Bonchev–Trinajstić information content (AvgIpc) is 3.44. The predicted octanol–water partition coefficient (Wildman–Crippen LogP) is 4.51. The summed E-state index contributed by atoms with van der Waals surface area (Å²) >= 11 is 0. The Balaban J connectivity index is 1.42. The third kappa shape index (κ3) is 4.12. The standard InChI is InChI=1S/C23H24N2O2/c26-23(20-12-10-19(11-13-20)18-7-2-1-3-8-18)24-17-21(22-9-6-16-27-22)25-14-4-5-15-25/h1-3,6-13,16,21H,4-5,14-15,17H2,(H,24,26). The first-order valence-corrected chi connectivity index (χ1v) is 9.52. The molecule has 0 saturated carbocycles. The van der Waals surface area contributed by atoms with Crippen molar-refractivity contribution in [3.05, 3.63) is 84.3 Å². The molecule has 2 aromatic carbocycles. The summed E-state index contributed by atoms with van der Waals surface area (Å²) < 4.78 is 5.62. The molecule has 1 aliphatic rings. The van der Waals surface area contributed by atoms with Crippen molar-refractivity contribution in [1.29, 1.82) is 0 Å². The highest BCUT2D eigenvalue weighted by Crippen LogP contribution is 2.25. The van der Waals surface area contributed by atoms with Crippen LogP contribution >= 0.6 is 0 Å². The van der Waals surface area contributed by atoms with Gasteiger partial charge in [0.15, 0.2) is 0 Å². The van der Waals surface area contributed by atoms with E-state index in [4.69, 9.17) is 4.42 Å². The molecule has 1 saturated heterocycles. The fraction of sp³-hybridized carbons (Fsp3) is 0.261. The highest BCUT2D eigenvalue weighted by Gasteiger charge is 2.26. The van der Waals surface area contributed by atoms with Crippen LogP contribution in [0.5, 0.6) is 0 Å². The smallest absolute Gasteiger partial charge is 0.251 e. The van der Waals surface area contributed by atoms with Crippen LogP contribution < -0.4 is 5.32 Å². The van der Waals surface area contributed by atoms with Crippen molar-refractivity contribution in [2.45, 2.75) is 18.9 Å². The molecule has 3 aromatic rings. The third-order valence-electron chi connectivity index (χ3n) is 5.16. The summed E-state index contributed by atoms with van der Waals surface area (Å²) in [6.07, 6.45) is 4.10. The van der Waals surface area contributed by atoms with Gasteiger partial charge in [-0.1, -0.05) is 42.5 Å². The zero-order valence-corrected chi connectivity index (χ0v) is 15.3. The number of amides is 1. The molecule has 1 fully saturated rings. The SMILES string of the molecule is O=C(NCC(c1ccco1)N1CCCC1)c1ccc(-c2ccccc2)cc1. The number of rotatable bonds is 6. The molecule has 0 spiro atoms. The average molecular weight is 360 g/mol. The summed E-state index contributed by atoms with van der Waals surface area (Å²) in [5.41, 5.74) is 2.93. The van der Waals surface area contributed by atoms with Gasteiger partial charge in [-0.3, -0.25) is 9.69 Å². The van der Waals surface area contributed by atoms with Crippen molar-refractivity contribution in [1.82, 2.24) is 10.2 Å². The van der Waals surface area contributed by atoms with Gasteiger partial charge in [0.2, 0.25) is 0 Å². The Kier molecular flexibility index (Phi) is 5.35. The Labute approximate surface area is 159 Å². The Morgan fingerprint density at radius 3 is 2.30 bits per heavy atom. The van der Waals surface area contributed by atoms with E-state index in [-0.39, 0.29) is 11.9 Å². The molecule has 4 heteroatoms. The van der Waals surface area contributed by atoms with Gasteiger partial charge in [0.05, 0.1) is 12.3 Å². The quantitative estimate of drug-likeness (QED) is 0.703. The fourth-order valence-electron chi connectivity index (χ4n) is 3.68. The fourth-order valence-corrected chi connectivity index (χ4v) is 3.68. The van der Waals surface area contributed by atoms with Gasteiger partial charge in [0, 0.05) is 12.1 Å². The lowest BCUT2D eigenvalue weighted by Crippen LogP contribution is -2.36. The van der Waals surface area contributed by atoms with Crippen LogP contribution in [0.1, 0.15) is 35.0 Å². The van der Waals surface area contributed by atoms with Crippen molar-refractivity contribution in [2.24, 2.45) is 0 Å². The molecule has 27 heavy (non-hydrogen) atoms. The largest absolute Gasteiger partial charge is 0.468 e. The molecule has 0 bridgehead atoms. The molecule has 138 valence electrons. The minimum absolute atomic E-state index is 0.0506. The lowest BCUT2D eigenvalue weighted by Gasteiger charge is -2.26. The monoisotopic (exact) mass is 360 g/mol. The van der Waals surface area contributed by atoms with E-state index in [1.807, 2.05) is 54.6 Å². The number of hydrogen-bond acceptors (Lipinski definition) is 3. The summed E-state index contributed by atoms with van der Waals surface area (Å²) in [5.74, 6) is 0.863. The number of furan rings is 1. The van der Waals surface area contributed by atoms with Gasteiger partial charge in [0.25, 0.3) is 5.91 Å². The van der Waals surface area contributed by atoms with Crippen LogP contribution in [-0.2, 0) is 0 Å². The Hall–Kier alpha value is -2.85. The molecule has 1 N–H and O–H groups in total. The molecular weight excluding hydrogens is 336 g/mol. The maximum atomic E-state index is 12.6. The maximum Gasteiger partial charge on any atom is 0.251 e. The van der Waals surface area contributed by atoms with Crippen molar-refractivity contribution < 1.29 is 9.21 Å². The third-order valence-corrected chi connectivity index (χ3v) is 5.16. The molecule has 0 radical (unpaired) electrons. The van der Waals surface area contributed by atoms with E-state index in [9.17, 15) is 4.79 Å². The molecule has 4 nitrogen and oxygen atoms in total. The van der Waals surface area contributed by atoms with E-state index in [1.54, 1.807) is 6.26 Å². The summed E-state index contributed by atoms with van der Waals surface area (Å²) in [5, 5.41) is 3.08. The van der Waals surface area contributed by atoms with E-state index < -0.39 is 0 Å². The predicted molar refractivity (Wildman–Crippen MR) is 106 cm³/mol. The number of carbonyl (C=O) groups is 1. The Morgan fingerprint density at radius 1 is 0.926 bits per heavy atom. The summed E-state index contributed by atoms with van der Waals surface area (Å²) in [4.78, 5) is 15.0. The zero-order valence-electron chi connectivity index (χ0n) is 15.3. The van der Waals surface area contributed by atoms with Gasteiger partial charge in [0.1, 0.15) is 5.76 Å². The zero-order chi connectivity index (χ0) is 18.5. The second kappa shape index (κ2) is 8.23. The minimum Gasteiger partial charge on any atom is -0.468 e. The van der Waals surface area contributed by atoms with Crippen LogP contribution in [0.2, 0.25) is 0 Å². The number of benzene rings is 2. The molecule has 1 atom stereocenters. The van der Waals surface area contributed by atoms with Crippen molar-refractivity contribution >= 4 is 5.91 Å². The van der Waals surface area contributed by atoms with Gasteiger partial charge >= 0.3 is 0 Å². The van der Waals surface area contributed by atoms with Crippen molar-refractivity contribution in [3.63, 3.8) is 0 Å². The van der Waals surface area contributed by atoms with Crippen molar-refractivity contribution in [3.8, 4) is 11.1 Å². The second-order valence-corrected chi connectivity index (χ2v) is 6.93. The highest BCUT2D eigenvalue weighted by atomic mass is 16.3. The van der Waals surface area contributed by atoms with Crippen LogP contribution in [0.25, 0.3) is 11.1 Å². The van der Waals surface area contributed by atoms with Crippen LogP contribution in [-0.4, -0.2) is 30.4 Å². The first kappa shape index (κ1) is 17.6. The summed E-state index contributed by atoms with van der Waals surface area (Å²) in [7, 11) is 0. The van der Waals surface area contributed by atoms with Crippen LogP contribution in [0.4, 0.5) is 0 Å². The van der Waals surface area contributed by atoms with E-state index in [0.29, 0.717) is 12.1 Å². The van der Waals surface area contributed by atoms with Gasteiger partial charge in [-0.25, -0.2) is 0 Å². The van der Waals surface area contributed by atoms with Crippen LogP contribution in [0.15, 0.2) is 77.4 Å². The topological polar surface area (TPSA) is 45.5 Å². The van der Waals surface area contributed by atoms with E-state index in [2.05, 4.69) is 22.3 Å². The molecule has 1 amide bonds. The molecule has 0 aliphatic carbocycles. The van der Waals surface area contributed by atoms with Crippen molar-refractivity contribution in [2.75, 3.05) is 19.6 Å². The first-order chi connectivity index (χ1) is 13.3. The molecule has 1 aliphatic heterocycles. The van der Waals surface area contributed by atoms with Gasteiger partial charge in [-0.15, -0.1) is 0 Å². The number of carbonyl (C=O) groups excluding carboxylic acids is 1. The lowest BCUT2D eigenvalue weighted by molar-refractivity contribution is 0.0934. The minimum atomic E-state index is -0.0506. The second-order valence-electron chi connectivity index (χ2n) is 6.93. The number of nitrogens with one attached hydrogen (secondary N) is 1. The number of likely N-dealkylation sites (tertiary alicyclic amines) is 1. The van der Waals surface area contributed by atoms with Crippen LogP contribution in [0, 0.1) is 0 Å². The number of nitrogens with zero attached hydrogens (tertiary/aromatic N) is 1. The lowest BCUT2D eigenvalue weighted by atomic mass is 10.0. The highest BCUT2D eigenvalue weighted by molar-refractivity contribution is 5.94.